The van der Waals surface area contributed by atoms with Crippen molar-refractivity contribution in [2.45, 2.75) is 0 Å². The molecule has 1 aliphatic heterocycles. The summed E-state index contributed by atoms with van der Waals surface area (Å²) in [5, 5.41) is 8.21. The van der Waals surface area contributed by atoms with Crippen molar-refractivity contribution in [3.8, 4) is 6.01 Å². The maximum atomic E-state index is 7.10. The molecule has 2 aromatic heterocycles. The van der Waals surface area contributed by atoms with E-state index in [1.165, 1.54) is 6.21 Å². The molecule has 0 atom stereocenters. The van der Waals surface area contributed by atoms with E-state index in [1.807, 2.05) is 49.5 Å². The molecule has 1 aliphatic rings. The number of rotatable bonds is 6. The van der Waals surface area contributed by atoms with E-state index in [1.54, 1.807) is 6.07 Å². The van der Waals surface area contributed by atoms with Crippen LogP contribution in [0, 0.1) is 5.41 Å². The Hall–Kier alpha value is -3.17. The molecule has 1 aromatic carbocycles. The summed E-state index contributed by atoms with van der Waals surface area (Å²) in [7, 11) is 3.80. The average Bonchev–Trinajstić information content (AvgIpc) is 3.18. The van der Waals surface area contributed by atoms with Gasteiger partial charge < -0.3 is 30.5 Å². The van der Waals surface area contributed by atoms with Crippen LogP contribution in [0.1, 0.15) is 8.42 Å². The van der Waals surface area contributed by atoms with Crippen molar-refractivity contribution < 1.29 is 12.3 Å². The molecular weight excluding hydrogens is 382 g/mol. The number of nitrogens with zero attached hydrogens (tertiary/aromatic N) is 4. The predicted molar refractivity (Wildman–Crippen MR) is 124 cm³/mol. The van der Waals surface area contributed by atoms with Crippen LogP contribution < -0.4 is 15.4 Å². The molecule has 0 spiro atoms. The second-order valence-corrected chi connectivity index (χ2v) is 7.06. The van der Waals surface area contributed by atoms with Gasteiger partial charge in [-0.2, -0.15) is 9.97 Å². The molecule has 9 nitrogen and oxygen atoms in total. The molecule has 0 amide bonds. The summed E-state index contributed by atoms with van der Waals surface area (Å²) in [4.78, 5) is 15.6. The van der Waals surface area contributed by atoms with Gasteiger partial charge in [0.1, 0.15) is 18.2 Å². The van der Waals surface area contributed by atoms with Crippen LogP contribution in [0.4, 0.5) is 11.6 Å². The molecular formula is C21H33N7O2. The first-order valence-corrected chi connectivity index (χ1v) is 9.88. The normalized spacial score (nSPS) is 14.1. The number of nitrogen functional groups attached to an aromatic ring is 1. The molecule has 0 radical (unpaired) electrons. The summed E-state index contributed by atoms with van der Waals surface area (Å²) < 4.78 is 10.9. The lowest BCUT2D eigenvalue weighted by Crippen LogP contribution is -2.38. The van der Waals surface area contributed by atoms with Gasteiger partial charge in [0.25, 0.3) is 0 Å². The summed E-state index contributed by atoms with van der Waals surface area (Å²) in [6.07, 6.45) is 3.20. The molecule has 164 valence electrons. The maximum Gasteiger partial charge on any atom is 0.320 e. The topological polar surface area (TPSA) is 116 Å². The second kappa shape index (κ2) is 10.6. The van der Waals surface area contributed by atoms with Crippen molar-refractivity contribution >= 4 is 28.8 Å². The zero-order valence-electron chi connectivity index (χ0n) is 17.5. The number of anilines is 2. The number of H-pyrrole nitrogens is 1. The minimum Gasteiger partial charge on any atom is -0.462 e. The average molecular weight is 416 g/mol. The van der Waals surface area contributed by atoms with Gasteiger partial charge in [0.05, 0.1) is 13.2 Å². The highest BCUT2D eigenvalue weighted by Gasteiger charge is 2.11. The molecule has 30 heavy (non-hydrogen) atoms. The zero-order chi connectivity index (χ0) is 21.3. The van der Waals surface area contributed by atoms with Gasteiger partial charge in [-0.05, 0) is 6.07 Å². The molecule has 0 saturated carbocycles. The van der Waals surface area contributed by atoms with Crippen LogP contribution in [0.2, 0.25) is 0 Å². The third-order valence-electron chi connectivity index (χ3n) is 4.69. The Morgan fingerprint density at radius 1 is 1.30 bits per heavy atom. The Morgan fingerprint density at radius 2 is 2.07 bits per heavy atom. The number of aromatic nitrogens is 3. The number of fused-ring (bicyclic) bond motifs is 1. The van der Waals surface area contributed by atoms with E-state index in [-0.39, 0.29) is 2.85 Å². The number of ether oxygens (including phenoxy) is 2. The van der Waals surface area contributed by atoms with Gasteiger partial charge in [-0.1, -0.05) is 18.2 Å². The van der Waals surface area contributed by atoms with E-state index in [0.717, 1.165) is 55.1 Å². The molecule has 0 aliphatic carbocycles. The fourth-order valence-corrected chi connectivity index (χ4v) is 3.03. The van der Waals surface area contributed by atoms with E-state index in [2.05, 4.69) is 19.9 Å². The lowest BCUT2D eigenvalue weighted by molar-refractivity contribution is 0.0317. The van der Waals surface area contributed by atoms with Gasteiger partial charge in [0.2, 0.25) is 0 Å². The van der Waals surface area contributed by atoms with Crippen molar-refractivity contribution in [2.24, 2.45) is 0 Å². The highest BCUT2D eigenvalue weighted by Crippen LogP contribution is 2.16. The maximum absolute atomic E-state index is 7.10. The van der Waals surface area contributed by atoms with E-state index in [9.17, 15) is 0 Å². The highest BCUT2D eigenvalue weighted by molar-refractivity contribution is 5.97. The van der Waals surface area contributed by atoms with Crippen molar-refractivity contribution in [2.75, 3.05) is 64.2 Å². The third kappa shape index (κ3) is 5.91. The van der Waals surface area contributed by atoms with Crippen molar-refractivity contribution in [1.29, 1.82) is 5.41 Å². The number of nitrogens with two attached hydrogens (primary N) is 1. The number of hydrogen-bond donors (Lipinski definition) is 3. The van der Waals surface area contributed by atoms with Crippen LogP contribution in [0.15, 0.2) is 36.5 Å². The molecule has 4 N–H and O–H groups in total. The van der Waals surface area contributed by atoms with Crippen LogP contribution in [-0.4, -0.2) is 79.6 Å². The number of hydrogen-bond acceptors (Lipinski definition) is 8. The smallest absolute Gasteiger partial charge is 0.320 e. The van der Waals surface area contributed by atoms with Crippen molar-refractivity contribution in [3.63, 3.8) is 0 Å². The van der Waals surface area contributed by atoms with Gasteiger partial charge in [0.15, 0.2) is 0 Å². The fourth-order valence-electron chi connectivity index (χ4n) is 3.03. The minimum absolute atomic E-state index is 0. The zero-order valence-corrected chi connectivity index (χ0v) is 17.5. The first-order chi connectivity index (χ1) is 14.6. The summed E-state index contributed by atoms with van der Waals surface area (Å²) in [5.74, 6) is 1.16. The number of para-hydroxylation sites is 1. The lowest BCUT2D eigenvalue weighted by atomic mass is 10.2. The number of morpholine rings is 1. The van der Waals surface area contributed by atoms with Crippen LogP contribution >= 0.6 is 0 Å². The molecule has 1 fully saturated rings. The standard InChI is InChI=1S/C12H21N5O2.C9H8N2.2H2/c1-16(2)11-9-10(13)14-12(15-11)19-8-5-17-3-6-18-7-4-17;10-5-7-6-11-9-4-2-1-3-8(7)9;;/h9H,3-8H2,1-2H3,(H2,13,14,15);1-6,10-11H;2*1H. The highest BCUT2D eigenvalue weighted by atomic mass is 16.5. The molecule has 9 heteroatoms. The fraction of sp³-hybridized carbons (Fsp3) is 0.381. The predicted octanol–water partition coefficient (Wildman–Crippen LogP) is 2.49. The van der Waals surface area contributed by atoms with Crippen molar-refractivity contribution in [1.82, 2.24) is 19.9 Å². The first-order valence-electron chi connectivity index (χ1n) is 9.88. The summed E-state index contributed by atoms with van der Waals surface area (Å²) in [5.41, 5.74) is 7.76. The minimum atomic E-state index is 0. The molecule has 3 heterocycles. The van der Waals surface area contributed by atoms with Crippen molar-refractivity contribution in [3.05, 3.63) is 42.1 Å². The van der Waals surface area contributed by atoms with Crippen LogP contribution in [-0.2, 0) is 4.74 Å². The SMILES string of the molecule is CN(C)c1cc(N)nc(OCCN2CCOCC2)n1.N=Cc1c[nH]c2ccccc12.[HH].[HH]. The Balaban J connectivity index is 0.000000338. The van der Waals surface area contributed by atoms with Crippen LogP contribution in [0.5, 0.6) is 6.01 Å². The van der Waals surface area contributed by atoms with Crippen LogP contribution in [0.3, 0.4) is 0 Å². The van der Waals surface area contributed by atoms with Gasteiger partial charge in [0, 0.05) is 71.5 Å². The Morgan fingerprint density at radius 3 is 2.80 bits per heavy atom. The Kier molecular flexibility index (Phi) is 7.58. The lowest BCUT2D eigenvalue weighted by Gasteiger charge is -2.26. The van der Waals surface area contributed by atoms with Gasteiger partial charge in [-0.3, -0.25) is 4.90 Å². The summed E-state index contributed by atoms with van der Waals surface area (Å²) >= 11 is 0. The molecule has 0 unspecified atom stereocenters. The molecule has 4 rings (SSSR count). The van der Waals surface area contributed by atoms with E-state index < -0.39 is 0 Å². The Bertz CT molecular complexity index is 962. The molecule has 1 saturated heterocycles. The largest absolute Gasteiger partial charge is 0.462 e. The van der Waals surface area contributed by atoms with Crippen LogP contribution in [0.25, 0.3) is 10.9 Å². The molecule has 3 aromatic rings. The number of nitrogens with one attached hydrogen (secondary N) is 2. The van der Waals surface area contributed by atoms with E-state index in [0.29, 0.717) is 18.4 Å². The summed E-state index contributed by atoms with van der Waals surface area (Å²) in [6, 6.07) is 10.0. The van der Waals surface area contributed by atoms with Gasteiger partial charge >= 0.3 is 6.01 Å². The van der Waals surface area contributed by atoms with E-state index >= 15 is 0 Å². The van der Waals surface area contributed by atoms with Gasteiger partial charge in [-0.15, -0.1) is 0 Å². The Labute approximate surface area is 179 Å². The van der Waals surface area contributed by atoms with Gasteiger partial charge in [-0.25, -0.2) is 0 Å². The first kappa shape index (κ1) is 21.5. The number of aromatic amines is 1. The third-order valence-corrected chi connectivity index (χ3v) is 4.69. The monoisotopic (exact) mass is 415 g/mol. The quantitative estimate of drug-likeness (QED) is 0.530. The summed E-state index contributed by atoms with van der Waals surface area (Å²) in [6.45, 7) is 4.88. The molecule has 0 bridgehead atoms. The van der Waals surface area contributed by atoms with E-state index in [4.69, 9.17) is 20.6 Å². The second-order valence-electron chi connectivity index (χ2n) is 7.06. The number of benzene rings is 1.